The largest absolute Gasteiger partial charge is 0.452 e. The van der Waals surface area contributed by atoms with Crippen LogP contribution in [0.1, 0.15) is 23.5 Å². The van der Waals surface area contributed by atoms with Gasteiger partial charge in [0.15, 0.2) is 5.58 Å². The molecule has 2 aliphatic rings. The third-order valence-corrected chi connectivity index (χ3v) is 10.6. The van der Waals surface area contributed by atoms with E-state index in [1.54, 1.807) is 6.33 Å². The average Bonchev–Trinajstić information content (AvgIpc) is 3.86. The molecule has 0 saturated carbocycles. The van der Waals surface area contributed by atoms with E-state index in [4.69, 9.17) is 4.42 Å². The van der Waals surface area contributed by atoms with Crippen LogP contribution in [0.2, 0.25) is 0 Å². The van der Waals surface area contributed by atoms with Gasteiger partial charge in [0.2, 0.25) is 0 Å². The zero-order valence-corrected chi connectivity index (χ0v) is 27.6. The fourth-order valence-electron chi connectivity index (χ4n) is 8.40. The molecule has 0 radical (unpaired) electrons. The Morgan fingerprint density at radius 2 is 1.39 bits per heavy atom. The minimum absolute atomic E-state index is 0.333. The second-order valence-corrected chi connectivity index (χ2v) is 13.3. The molecule has 11 rings (SSSR count). The van der Waals surface area contributed by atoms with Gasteiger partial charge in [-0.05, 0) is 83.8 Å². The molecule has 4 heterocycles. The second-order valence-electron chi connectivity index (χ2n) is 13.3. The van der Waals surface area contributed by atoms with Gasteiger partial charge in [0.25, 0.3) is 0 Å². The minimum Gasteiger partial charge on any atom is -0.452 e. The molecule has 1 atom stereocenters. The highest BCUT2D eigenvalue weighted by molar-refractivity contribution is 6.15. The van der Waals surface area contributed by atoms with Gasteiger partial charge in [-0.3, -0.25) is 0 Å². The lowest BCUT2D eigenvalue weighted by Crippen LogP contribution is -2.15. The number of furan rings is 1. The summed E-state index contributed by atoms with van der Waals surface area (Å²) in [5.41, 5.74) is 15.3. The number of hydrogen-bond acceptors (Lipinski definition) is 4. The molecule has 0 fully saturated rings. The summed E-state index contributed by atoms with van der Waals surface area (Å²) in [5, 5.41) is 3.50. The molecule has 3 aromatic heterocycles. The van der Waals surface area contributed by atoms with Gasteiger partial charge in [-0.1, -0.05) is 97.1 Å². The molecular weight excluding hydrogens is 625 g/mol. The molecule has 9 aromatic rings. The number of hydrogen-bond donors (Lipinski definition) is 0. The van der Waals surface area contributed by atoms with E-state index in [2.05, 4.69) is 153 Å². The quantitative estimate of drug-likeness (QED) is 0.189. The molecule has 0 saturated heterocycles. The SMILES string of the molecule is C1=C(c2cccc3c2c2ccccc2n3-c2ccc(-c3ncnc4c3oc3ccccc34)cc2)C=C2C(C1)c1ccccc1N2c1ccccc1. The Morgan fingerprint density at radius 1 is 0.627 bits per heavy atom. The van der Waals surface area contributed by atoms with Crippen LogP contribution in [-0.4, -0.2) is 14.5 Å². The first kappa shape index (κ1) is 28.2. The third-order valence-electron chi connectivity index (χ3n) is 10.6. The van der Waals surface area contributed by atoms with Gasteiger partial charge in [-0.25, -0.2) is 9.97 Å². The summed E-state index contributed by atoms with van der Waals surface area (Å²) in [6, 6.07) is 51.8. The molecule has 1 unspecified atom stereocenters. The standard InChI is InChI=1S/C46H30N4O/c1-2-11-31(12-3-1)50-38-17-7-4-13-34(38)35-26-23-30(27-41(35)50)33-16-10-19-40-43(33)36-14-5-8-18-39(36)49(40)32-24-21-29(22-25-32)44-46-45(48-28-47-44)37-15-6-9-20-42(37)51-46/h1-25,27-28,35H,26H2. The average molecular weight is 655 g/mol. The van der Waals surface area contributed by atoms with Crippen molar-refractivity contribution in [1.29, 1.82) is 0 Å². The molecule has 51 heavy (non-hydrogen) atoms. The van der Waals surface area contributed by atoms with E-state index in [0.29, 0.717) is 11.5 Å². The van der Waals surface area contributed by atoms with Crippen LogP contribution in [0.25, 0.3) is 66.4 Å². The van der Waals surface area contributed by atoms with Crippen LogP contribution in [0.4, 0.5) is 11.4 Å². The Kier molecular flexibility index (Phi) is 6.01. The van der Waals surface area contributed by atoms with Crippen molar-refractivity contribution in [3.8, 4) is 16.9 Å². The third kappa shape index (κ3) is 4.15. The smallest absolute Gasteiger partial charge is 0.180 e. The Hall–Kier alpha value is -6.72. The van der Waals surface area contributed by atoms with E-state index < -0.39 is 0 Å². The van der Waals surface area contributed by atoms with Gasteiger partial charge in [0, 0.05) is 50.4 Å². The van der Waals surface area contributed by atoms with Crippen LogP contribution in [0.5, 0.6) is 0 Å². The number of benzene rings is 6. The number of aromatic nitrogens is 3. The Balaban J connectivity index is 1.04. The lowest BCUT2D eigenvalue weighted by Gasteiger charge is -2.26. The summed E-state index contributed by atoms with van der Waals surface area (Å²) in [7, 11) is 0. The molecule has 5 heteroatoms. The first-order chi connectivity index (χ1) is 25.3. The number of fused-ring (bicyclic) bond motifs is 9. The maximum absolute atomic E-state index is 6.26. The van der Waals surface area contributed by atoms with Crippen molar-refractivity contribution in [2.24, 2.45) is 0 Å². The number of anilines is 2. The number of nitrogens with zero attached hydrogens (tertiary/aromatic N) is 4. The van der Waals surface area contributed by atoms with Crippen molar-refractivity contribution in [3.63, 3.8) is 0 Å². The Labute approximate surface area is 294 Å². The first-order valence-corrected chi connectivity index (χ1v) is 17.4. The lowest BCUT2D eigenvalue weighted by atomic mass is 9.86. The highest BCUT2D eigenvalue weighted by Gasteiger charge is 2.36. The van der Waals surface area contributed by atoms with Crippen LogP contribution in [0.3, 0.4) is 0 Å². The normalized spacial score (nSPS) is 15.4. The summed E-state index contributed by atoms with van der Waals surface area (Å²) < 4.78 is 8.64. The van der Waals surface area contributed by atoms with E-state index >= 15 is 0 Å². The Morgan fingerprint density at radius 3 is 2.29 bits per heavy atom. The summed E-state index contributed by atoms with van der Waals surface area (Å²) in [6.45, 7) is 0. The van der Waals surface area contributed by atoms with Gasteiger partial charge >= 0.3 is 0 Å². The summed E-state index contributed by atoms with van der Waals surface area (Å²) in [4.78, 5) is 11.7. The van der Waals surface area contributed by atoms with Crippen molar-refractivity contribution in [3.05, 3.63) is 181 Å². The molecule has 0 amide bonds. The van der Waals surface area contributed by atoms with E-state index in [-0.39, 0.29) is 0 Å². The van der Waals surface area contributed by atoms with Crippen LogP contribution in [-0.2, 0) is 0 Å². The molecule has 5 nitrogen and oxygen atoms in total. The molecule has 1 aliphatic carbocycles. The van der Waals surface area contributed by atoms with Crippen molar-refractivity contribution in [2.75, 3.05) is 4.90 Å². The van der Waals surface area contributed by atoms with Crippen LogP contribution >= 0.6 is 0 Å². The maximum Gasteiger partial charge on any atom is 0.180 e. The van der Waals surface area contributed by atoms with Gasteiger partial charge in [0.05, 0.1) is 11.0 Å². The minimum atomic E-state index is 0.333. The molecule has 0 N–H and O–H groups in total. The van der Waals surface area contributed by atoms with Crippen molar-refractivity contribution in [1.82, 2.24) is 14.5 Å². The predicted molar refractivity (Wildman–Crippen MR) is 208 cm³/mol. The number of rotatable bonds is 4. The first-order valence-electron chi connectivity index (χ1n) is 17.4. The van der Waals surface area contributed by atoms with Crippen molar-refractivity contribution >= 4 is 60.8 Å². The lowest BCUT2D eigenvalue weighted by molar-refractivity contribution is 0.667. The summed E-state index contributed by atoms with van der Waals surface area (Å²) in [6.07, 6.45) is 7.45. The number of para-hydroxylation sites is 4. The van der Waals surface area contributed by atoms with Gasteiger partial charge in [0.1, 0.15) is 23.1 Å². The Bertz CT molecular complexity index is 2890. The topological polar surface area (TPSA) is 47.1 Å². The van der Waals surface area contributed by atoms with Crippen molar-refractivity contribution < 1.29 is 4.42 Å². The fourth-order valence-corrected chi connectivity index (χ4v) is 8.40. The summed E-state index contributed by atoms with van der Waals surface area (Å²) in [5.74, 6) is 0.333. The van der Waals surface area contributed by atoms with Crippen LogP contribution < -0.4 is 4.90 Å². The molecule has 6 aromatic carbocycles. The zero-order valence-electron chi connectivity index (χ0n) is 27.6. The van der Waals surface area contributed by atoms with E-state index in [1.807, 2.05) is 24.3 Å². The zero-order chi connectivity index (χ0) is 33.5. The molecule has 0 spiro atoms. The van der Waals surface area contributed by atoms with E-state index in [9.17, 15) is 0 Å². The predicted octanol–water partition coefficient (Wildman–Crippen LogP) is 11.7. The molecular formula is C46H30N4O. The van der Waals surface area contributed by atoms with Crippen LogP contribution in [0.15, 0.2) is 174 Å². The van der Waals surface area contributed by atoms with Gasteiger partial charge < -0.3 is 13.9 Å². The maximum atomic E-state index is 6.26. The monoisotopic (exact) mass is 654 g/mol. The second kappa shape index (κ2) is 10.9. The number of allylic oxidation sites excluding steroid dienone is 4. The highest BCUT2D eigenvalue weighted by Crippen LogP contribution is 2.52. The van der Waals surface area contributed by atoms with Gasteiger partial charge in [-0.15, -0.1) is 0 Å². The van der Waals surface area contributed by atoms with Crippen LogP contribution in [0, 0.1) is 0 Å². The van der Waals surface area contributed by atoms with Crippen molar-refractivity contribution in [2.45, 2.75) is 12.3 Å². The summed E-state index contributed by atoms with van der Waals surface area (Å²) >= 11 is 0. The molecule has 240 valence electrons. The van der Waals surface area contributed by atoms with Gasteiger partial charge in [-0.2, -0.15) is 0 Å². The fraction of sp³-hybridized carbons (Fsp3) is 0.0435. The highest BCUT2D eigenvalue weighted by atomic mass is 16.3. The molecule has 1 aliphatic heterocycles. The molecule has 0 bridgehead atoms. The van der Waals surface area contributed by atoms with E-state index in [0.717, 1.165) is 39.9 Å². The van der Waals surface area contributed by atoms with E-state index in [1.165, 1.54) is 55.6 Å².